The number of hydrogen-bond donors (Lipinski definition) is 2. The number of primary amides is 1. The van der Waals surface area contributed by atoms with Crippen LogP contribution in [0.15, 0.2) is 30.3 Å². The first-order valence-electron chi connectivity index (χ1n) is 5.76. The van der Waals surface area contributed by atoms with Crippen molar-refractivity contribution in [2.75, 3.05) is 13.2 Å². The Balaban J connectivity index is 2.37. The molecule has 0 spiro atoms. The van der Waals surface area contributed by atoms with E-state index in [1.807, 2.05) is 30.3 Å². The molecule has 1 atom stereocenters. The highest BCUT2D eigenvalue weighted by Crippen LogP contribution is 2.01. The zero-order valence-corrected chi connectivity index (χ0v) is 10.4. The molecule has 0 saturated heterocycles. The van der Waals surface area contributed by atoms with Crippen LogP contribution in [0.5, 0.6) is 0 Å². The third-order valence-corrected chi connectivity index (χ3v) is 2.29. The number of amides is 2. The fraction of sp³-hybridized carbons (Fsp3) is 0.308. The van der Waals surface area contributed by atoms with Crippen molar-refractivity contribution in [2.24, 2.45) is 5.73 Å². The second-order valence-electron chi connectivity index (χ2n) is 3.96. The van der Waals surface area contributed by atoms with Crippen LogP contribution in [0.25, 0.3) is 0 Å². The lowest BCUT2D eigenvalue weighted by Crippen LogP contribution is -2.40. The first kappa shape index (κ1) is 14.8. The molecule has 0 aliphatic rings. The van der Waals surface area contributed by atoms with E-state index in [0.717, 1.165) is 5.56 Å². The Labute approximate surface area is 110 Å². The van der Waals surface area contributed by atoms with E-state index in [4.69, 9.17) is 10.5 Å². The van der Waals surface area contributed by atoms with E-state index in [0.29, 0.717) is 12.7 Å². The van der Waals surface area contributed by atoms with Gasteiger partial charge in [0.05, 0.1) is 6.04 Å². The predicted octanol–water partition coefficient (Wildman–Crippen LogP) is -0.585. The molecule has 102 valence electrons. The number of carbonyl (C=O) groups is 3. The van der Waals surface area contributed by atoms with Crippen LogP contribution < -0.4 is 11.1 Å². The Kier molecular flexibility index (Phi) is 6.25. The van der Waals surface area contributed by atoms with Gasteiger partial charge in [-0.25, -0.2) is 0 Å². The molecule has 0 saturated carbocycles. The highest BCUT2D eigenvalue weighted by molar-refractivity contribution is 5.81. The average Bonchev–Trinajstić information content (AvgIpc) is 2.38. The molecule has 0 radical (unpaired) electrons. The van der Waals surface area contributed by atoms with Gasteiger partial charge < -0.3 is 20.6 Å². The van der Waals surface area contributed by atoms with Crippen LogP contribution >= 0.6 is 0 Å². The van der Waals surface area contributed by atoms with Crippen molar-refractivity contribution in [1.29, 1.82) is 0 Å². The Bertz CT molecular complexity index is 434. The Morgan fingerprint density at radius 3 is 2.53 bits per heavy atom. The first-order chi connectivity index (χ1) is 9.11. The summed E-state index contributed by atoms with van der Waals surface area (Å²) in [7, 11) is 0. The van der Waals surface area contributed by atoms with Crippen molar-refractivity contribution in [3.63, 3.8) is 0 Å². The van der Waals surface area contributed by atoms with E-state index in [1.54, 1.807) is 0 Å². The molecule has 1 unspecified atom stereocenters. The van der Waals surface area contributed by atoms with Crippen molar-refractivity contribution in [2.45, 2.75) is 12.5 Å². The zero-order valence-electron chi connectivity index (χ0n) is 10.4. The Hall–Kier alpha value is -2.21. The van der Waals surface area contributed by atoms with Gasteiger partial charge in [0, 0.05) is 0 Å². The number of ether oxygens (including phenoxy) is 1. The van der Waals surface area contributed by atoms with Crippen LogP contribution in [0, 0.1) is 0 Å². The number of benzene rings is 1. The van der Waals surface area contributed by atoms with Crippen LogP contribution in [0.2, 0.25) is 0 Å². The Morgan fingerprint density at radius 2 is 1.95 bits per heavy atom. The normalized spacial score (nSPS) is 11.6. The van der Waals surface area contributed by atoms with Gasteiger partial charge in [-0.1, -0.05) is 30.3 Å². The second-order valence-corrected chi connectivity index (χ2v) is 3.96. The fourth-order valence-electron chi connectivity index (χ4n) is 1.49. The van der Waals surface area contributed by atoms with Crippen molar-refractivity contribution in [3.05, 3.63) is 35.9 Å². The molecule has 3 N–H and O–H groups in total. The number of carbonyl (C=O) groups excluding carboxylic acids is 3. The first-order valence-corrected chi connectivity index (χ1v) is 5.76. The summed E-state index contributed by atoms with van der Waals surface area (Å²) in [6, 6.07) is 8.70. The molecular weight excluding hydrogens is 248 g/mol. The predicted molar refractivity (Wildman–Crippen MR) is 68.2 cm³/mol. The second kappa shape index (κ2) is 7.99. The average molecular weight is 264 g/mol. The summed E-state index contributed by atoms with van der Waals surface area (Å²) in [4.78, 5) is 32.7. The van der Waals surface area contributed by atoms with E-state index in [1.165, 1.54) is 0 Å². The molecule has 0 aromatic heterocycles. The topological polar surface area (TPSA) is 98.5 Å². The number of nitrogens with two attached hydrogens (primary N) is 1. The standard InChI is InChI=1S/C13H16N2O4/c14-12(17)8-19-9-13(18)15-11(7-16)6-10-4-2-1-3-5-10/h1-5,7,11H,6,8-9H2,(H2,14,17)(H,15,18). The lowest BCUT2D eigenvalue weighted by atomic mass is 10.1. The molecule has 1 rings (SSSR count). The maximum atomic E-state index is 11.4. The molecule has 0 aliphatic heterocycles. The van der Waals surface area contributed by atoms with Gasteiger partial charge in [0.25, 0.3) is 0 Å². The fourth-order valence-corrected chi connectivity index (χ4v) is 1.49. The zero-order chi connectivity index (χ0) is 14.1. The third-order valence-electron chi connectivity index (χ3n) is 2.29. The summed E-state index contributed by atoms with van der Waals surface area (Å²) in [5, 5.41) is 2.50. The maximum absolute atomic E-state index is 11.4. The largest absolute Gasteiger partial charge is 0.368 e. The highest BCUT2D eigenvalue weighted by atomic mass is 16.5. The molecule has 6 nitrogen and oxygen atoms in total. The van der Waals surface area contributed by atoms with Crippen molar-refractivity contribution in [3.8, 4) is 0 Å². The van der Waals surface area contributed by atoms with Crippen LogP contribution in [0.1, 0.15) is 5.56 Å². The summed E-state index contributed by atoms with van der Waals surface area (Å²) in [5.41, 5.74) is 5.80. The lowest BCUT2D eigenvalue weighted by Gasteiger charge is -2.12. The summed E-state index contributed by atoms with van der Waals surface area (Å²) in [6.45, 7) is -0.625. The quantitative estimate of drug-likeness (QED) is 0.613. The van der Waals surface area contributed by atoms with Crippen LogP contribution in [0.4, 0.5) is 0 Å². The molecule has 0 heterocycles. The van der Waals surface area contributed by atoms with Gasteiger partial charge >= 0.3 is 0 Å². The van der Waals surface area contributed by atoms with Crippen LogP contribution in [0.3, 0.4) is 0 Å². The number of aldehydes is 1. The van der Waals surface area contributed by atoms with Crippen molar-refractivity contribution in [1.82, 2.24) is 5.32 Å². The van der Waals surface area contributed by atoms with Gasteiger partial charge in [-0.2, -0.15) is 0 Å². The van der Waals surface area contributed by atoms with E-state index in [2.05, 4.69) is 5.32 Å². The minimum absolute atomic E-state index is 0.304. The lowest BCUT2D eigenvalue weighted by molar-refractivity contribution is -0.131. The van der Waals surface area contributed by atoms with Crippen LogP contribution in [-0.4, -0.2) is 37.4 Å². The van der Waals surface area contributed by atoms with Gasteiger partial charge in [-0.05, 0) is 12.0 Å². The summed E-state index contributed by atoms with van der Waals surface area (Å²) in [5.74, 6) is -1.11. The summed E-state index contributed by atoms with van der Waals surface area (Å²) < 4.78 is 4.75. The number of nitrogens with one attached hydrogen (secondary N) is 1. The smallest absolute Gasteiger partial charge is 0.246 e. The number of hydrogen-bond acceptors (Lipinski definition) is 4. The Morgan fingerprint density at radius 1 is 1.26 bits per heavy atom. The van der Waals surface area contributed by atoms with E-state index in [9.17, 15) is 14.4 Å². The minimum Gasteiger partial charge on any atom is -0.368 e. The van der Waals surface area contributed by atoms with Gasteiger partial charge in [-0.3, -0.25) is 9.59 Å². The summed E-state index contributed by atoms with van der Waals surface area (Å²) in [6.07, 6.45) is 1.07. The van der Waals surface area contributed by atoms with Crippen molar-refractivity contribution >= 4 is 18.1 Å². The van der Waals surface area contributed by atoms with Gasteiger partial charge in [0.2, 0.25) is 11.8 Å². The molecule has 1 aromatic rings. The molecule has 2 amide bonds. The SMILES string of the molecule is NC(=O)COCC(=O)NC(C=O)Cc1ccccc1. The monoisotopic (exact) mass is 264 g/mol. The summed E-state index contributed by atoms with van der Waals surface area (Å²) >= 11 is 0. The van der Waals surface area contributed by atoms with Gasteiger partial charge in [0.15, 0.2) is 0 Å². The molecular formula is C13H16N2O4. The van der Waals surface area contributed by atoms with Gasteiger partial charge in [0.1, 0.15) is 19.5 Å². The molecule has 0 aliphatic carbocycles. The highest BCUT2D eigenvalue weighted by Gasteiger charge is 2.12. The van der Waals surface area contributed by atoms with Crippen LogP contribution in [-0.2, 0) is 25.5 Å². The minimum atomic E-state index is -0.649. The third kappa shape index (κ3) is 6.32. The van der Waals surface area contributed by atoms with Crippen molar-refractivity contribution < 1.29 is 19.1 Å². The maximum Gasteiger partial charge on any atom is 0.246 e. The van der Waals surface area contributed by atoms with E-state index in [-0.39, 0.29) is 13.2 Å². The molecule has 19 heavy (non-hydrogen) atoms. The van der Waals surface area contributed by atoms with E-state index < -0.39 is 17.9 Å². The molecule has 6 heteroatoms. The number of rotatable bonds is 8. The molecule has 1 aromatic carbocycles. The molecule has 0 fully saturated rings. The van der Waals surface area contributed by atoms with E-state index >= 15 is 0 Å². The van der Waals surface area contributed by atoms with Gasteiger partial charge in [-0.15, -0.1) is 0 Å². The molecule has 0 bridgehead atoms.